The minimum Gasteiger partial charge on any atom is -0.481 e. The van der Waals surface area contributed by atoms with E-state index in [1.54, 1.807) is 18.7 Å². The summed E-state index contributed by atoms with van der Waals surface area (Å²) in [4.78, 5) is 23.0. The first-order chi connectivity index (χ1) is 8.58. The van der Waals surface area contributed by atoms with Gasteiger partial charge in [-0.3, -0.25) is 9.59 Å². The van der Waals surface area contributed by atoms with E-state index in [-0.39, 0.29) is 24.4 Å². The molecule has 2 aliphatic heterocycles. The Bertz CT molecular complexity index is 377. The third-order valence-electron chi connectivity index (χ3n) is 3.57. The highest BCUT2D eigenvalue weighted by Gasteiger charge is 2.35. The lowest BCUT2D eigenvalue weighted by Gasteiger charge is -2.30. The van der Waals surface area contributed by atoms with E-state index in [0.717, 1.165) is 23.5 Å². The van der Waals surface area contributed by atoms with Crippen LogP contribution in [0.2, 0.25) is 0 Å². The predicted octanol–water partition coefficient (Wildman–Crippen LogP) is 2.09. The van der Waals surface area contributed by atoms with Gasteiger partial charge in [-0.1, -0.05) is 11.6 Å². The summed E-state index contributed by atoms with van der Waals surface area (Å²) in [7, 11) is 0. The molecule has 0 saturated carbocycles. The van der Waals surface area contributed by atoms with Gasteiger partial charge in [0.15, 0.2) is 0 Å². The lowest BCUT2D eigenvalue weighted by atomic mass is 9.80. The van der Waals surface area contributed by atoms with Gasteiger partial charge < -0.3 is 9.84 Å². The second kappa shape index (κ2) is 5.78. The number of aliphatic carboxylic acids is 1. The van der Waals surface area contributed by atoms with Crippen LogP contribution in [-0.4, -0.2) is 34.7 Å². The molecule has 0 aromatic rings. The average Bonchev–Trinajstić information content (AvgIpc) is 2.38. The van der Waals surface area contributed by atoms with Crippen molar-refractivity contribution in [3.8, 4) is 0 Å². The van der Waals surface area contributed by atoms with Crippen LogP contribution in [0.4, 0.5) is 0 Å². The maximum Gasteiger partial charge on any atom is 0.309 e. The van der Waals surface area contributed by atoms with Crippen LogP contribution in [0, 0.1) is 11.8 Å². The van der Waals surface area contributed by atoms with Crippen LogP contribution < -0.4 is 0 Å². The number of esters is 1. The van der Waals surface area contributed by atoms with Gasteiger partial charge in [-0.15, -0.1) is 0 Å². The zero-order chi connectivity index (χ0) is 13.1. The molecule has 4 nitrogen and oxygen atoms in total. The van der Waals surface area contributed by atoms with Gasteiger partial charge in [0, 0.05) is 5.75 Å². The first-order valence-electron chi connectivity index (χ1n) is 6.27. The zero-order valence-corrected chi connectivity index (χ0v) is 11.2. The molecular weight excluding hydrogens is 252 g/mol. The van der Waals surface area contributed by atoms with Crippen molar-refractivity contribution in [3.05, 3.63) is 11.6 Å². The number of fused-ring (bicyclic) bond motifs is 1. The van der Waals surface area contributed by atoms with Crippen LogP contribution >= 0.6 is 11.8 Å². The highest BCUT2D eigenvalue weighted by molar-refractivity contribution is 7.99. The van der Waals surface area contributed by atoms with Crippen molar-refractivity contribution in [2.45, 2.75) is 32.3 Å². The second-order valence-corrected chi connectivity index (χ2v) is 6.02. The molecule has 18 heavy (non-hydrogen) atoms. The van der Waals surface area contributed by atoms with Crippen molar-refractivity contribution in [1.82, 2.24) is 0 Å². The lowest BCUT2D eigenvalue weighted by Crippen LogP contribution is -2.31. The molecule has 0 spiro atoms. The van der Waals surface area contributed by atoms with Crippen molar-refractivity contribution < 1.29 is 19.4 Å². The number of carboxylic acid groups (broad SMARTS) is 1. The first-order valence-corrected chi connectivity index (χ1v) is 7.42. The summed E-state index contributed by atoms with van der Waals surface area (Å²) < 4.78 is 5.20. The van der Waals surface area contributed by atoms with Gasteiger partial charge in [0.05, 0.1) is 18.4 Å². The molecule has 5 heteroatoms. The monoisotopic (exact) mass is 270 g/mol. The van der Waals surface area contributed by atoms with Gasteiger partial charge in [0.2, 0.25) is 0 Å². The van der Waals surface area contributed by atoms with Gasteiger partial charge in [-0.05, 0) is 31.4 Å². The number of rotatable bonds is 1. The molecule has 0 unspecified atom stereocenters. The Hall–Kier alpha value is -0.970. The van der Waals surface area contributed by atoms with E-state index in [9.17, 15) is 14.7 Å². The Kier molecular flexibility index (Phi) is 4.32. The van der Waals surface area contributed by atoms with Crippen molar-refractivity contribution in [3.63, 3.8) is 0 Å². The summed E-state index contributed by atoms with van der Waals surface area (Å²) in [5.41, 5.74) is 1.12. The molecule has 0 bridgehead atoms. The number of ether oxygens (including phenoxy) is 1. The number of hydrogen-bond donors (Lipinski definition) is 1. The summed E-state index contributed by atoms with van der Waals surface area (Å²) >= 11 is 1.81. The predicted molar refractivity (Wildman–Crippen MR) is 69.4 cm³/mol. The summed E-state index contributed by atoms with van der Waals surface area (Å²) in [6, 6.07) is 0. The van der Waals surface area contributed by atoms with Crippen molar-refractivity contribution in [2.75, 3.05) is 11.5 Å². The van der Waals surface area contributed by atoms with E-state index in [1.165, 1.54) is 0 Å². The fourth-order valence-electron chi connectivity index (χ4n) is 2.69. The van der Waals surface area contributed by atoms with Crippen LogP contribution in [0.25, 0.3) is 0 Å². The summed E-state index contributed by atoms with van der Waals surface area (Å²) in [5.74, 6) is 0.446. The minimum absolute atomic E-state index is 0.0701. The molecule has 0 aromatic carbocycles. The minimum atomic E-state index is -0.775. The van der Waals surface area contributed by atoms with E-state index in [1.807, 2.05) is 6.08 Å². The quantitative estimate of drug-likeness (QED) is 0.584. The zero-order valence-electron chi connectivity index (χ0n) is 10.4. The number of carbonyl (C=O) groups excluding carboxylic acids is 1. The summed E-state index contributed by atoms with van der Waals surface area (Å²) in [6.45, 7) is 1.77. The van der Waals surface area contributed by atoms with Gasteiger partial charge in [0.1, 0.15) is 0 Å². The van der Waals surface area contributed by atoms with E-state index in [0.29, 0.717) is 6.42 Å². The van der Waals surface area contributed by atoms with Crippen LogP contribution in [0.1, 0.15) is 26.2 Å². The smallest absolute Gasteiger partial charge is 0.309 e. The maximum absolute atomic E-state index is 11.5. The van der Waals surface area contributed by atoms with Crippen molar-refractivity contribution in [1.29, 1.82) is 0 Å². The van der Waals surface area contributed by atoms with Gasteiger partial charge >= 0.3 is 11.9 Å². The maximum atomic E-state index is 11.5. The molecule has 0 aliphatic carbocycles. The van der Waals surface area contributed by atoms with Gasteiger partial charge in [-0.25, -0.2) is 0 Å². The molecule has 2 aliphatic rings. The molecule has 1 fully saturated rings. The summed E-state index contributed by atoms with van der Waals surface area (Å²) in [6.07, 6.45) is 3.12. The average molecular weight is 270 g/mol. The number of carbonyl (C=O) groups is 2. The topological polar surface area (TPSA) is 63.6 Å². The Morgan fingerprint density at radius 1 is 1.56 bits per heavy atom. The fourth-order valence-corrected chi connectivity index (χ4v) is 3.83. The van der Waals surface area contributed by atoms with Crippen LogP contribution in [0.5, 0.6) is 0 Å². The van der Waals surface area contributed by atoms with Crippen LogP contribution in [0.3, 0.4) is 0 Å². The Balaban J connectivity index is 2.27. The SMILES string of the molecule is C[C@@H]1C[C@@H](C(=O)O)[C@@H]2CCSC/C2=C/CC(=O)O1. The molecule has 3 atom stereocenters. The van der Waals surface area contributed by atoms with Crippen LogP contribution in [-0.2, 0) is 14.3 Å². The summed E-state index contributed by atoms with van der Waals surface area (Å²) in [5, 5.41) is 9.40. The molecule has 1 N–H and O–H groups in total. The van der Waals surface area contributed by atoms with Crippen molar-refractivity contribution >= 4 is 23.7 Å². The molecular formula is C13H18O4S. The van der Waals surface area contributed by atoms with Gasteiger partial charge in [-0.2, -0.15) is 11.8 Å². The van der Waals surface area contributed by atoms with E-state index in [4.69, 9.17) is 4.74 Å². The van der Waals surface area contributed by atoms with E-state index >= 15 is 0 Å². The number of carboxylic acids is 1. The van der Waals surface area contributed by atoms with Crippen LogP contribution in [0.15, 0.2) is 11.6 Å². The van der Waals surface area contributed by atoms with E-state index < -0.39 is 11.9 Å². The molecule has 2 heterocycles. The molecule has 100 valence electrons. The third kappa shape index (κ3) is 3.07. The number of cyclic esters (lactones) is 1. The first kappa shape index (κ1) is 13.5. The Morgan fingerprint density at radius 3 is 3.06 bits per heavy atom. The number of thioether (sulfide) groups is 1. The lowest BCUT2D eigenvalue weighted by molar-refractivity contribution is -0.152. The fraction of sp³-hybridized carbons (Fsp3) is 0.692. The van der Waals surface area contributed by atoms with E-state index in [2.05, 4.69) is 0 Å². The highest BCUT2D eigenvalue weighted by Crippen LogP contribution is 2.37. The highest BCUT2D eigenvalue weighted by atomic mass is 32.2. The van der Waals surface area contributed by atoms with Gasteiger partial charge in [0.25, 0.3) is 0 Å². The standard InChI is InChI=1S/C13H18O4S/c1-8-6-11(13(15)16)10-4-5-18-7-9(10)2-3-12(14)17-8/h2,8,10-11H,3-7H2,1H3,(H,15,16)/b9-2-/t8-,10-,11-/m1/s1. The number of hydrogen-bond acceptors (Lipinski definition) is 4. The molecule has 0 amide bonds. The molecule has 0 radical (unpaired) electrons. The molecule has 0 aromatic heterocycles. The largest absolute Gasteiger partial charge is 0.481 e. The second-order valence-electron chi connectivity index (χ2n) is 4.91. The Labute approximate surface area is 111 Å². The molecule has 1 saturated heterocycles. The normalized spacial score (nSPS) is 36.2. The molecule has 2 rings (SSSR count). The Morgan fingerprint density at radius 2 is 2.33 bits per heavy atom. The van der Waals surface area contributed by atoms with Crippen molar-refractivity contribution in [2.24, 2.45) is 11.8 Å². The third-order valence-corrected chi connectivity index (χ3v) is 4.63.